The predicted octanol–water partition coefficient (Wildman–Crippen LogP) is 4.81. The van der Waals surface area contributed by atoms with E-state index in [0.717, 1.165) is 51.4 Å². The van der Waals surface area contributed by atoms with Crippen molar-refractivity contribution in [1.82, 2.24) is 13.9 Å². The first-order chi connectivity index (χ1) is 17.9. The molecule has 10 heteroatoms. The maximum atomic E-state index is 13.3. The maximum Gasteiger partial charge on any atom is 0.262 e. The highest BCUT2D eigenvalue weighted by Gasteiger charge is 2.26. The minimum absolute atomic E-state index is 0.0562. The second-order valence-electron chi connectivity index (χ2n) is 9.71. The Kier molecular flexibility index (Phi) is 7.97. The van der Waals surface area contributed by atoms with E-state index in [0.29, 0.717) is 34.8 Å². The van der Waals surface area contributed by atoms with E-state index in [1.807, 2.05) is 18.2 Å². The Bertz CT molecular complexity index is 1440. The number of carbonyl (C=O) groups is 1. The second-order valence-corrected chi connectivity index (χ2v) is 12.6. The van der Waals surface area contributed by atoms with E-state index in [4.69, 9.17) is 4.98 Å². The molecule has 2 fully saturated rings. The number of benzene rings is 2. The number of rotatable bonds is 7. The third kappa shape index (κ3) is 5.76. The molecule has 0 bridgehead atoms. The average molecular weight is 541 g/mol. The Morgan fingerprint density at radius 1 is 0.973 bits per heavy atom. The van der Waals surface area contributed by atoms with Crippen molar-refractivity contribution >= 4 is 44.3 Å². The maximum absolute atomic E-state index is 13.3. The lowest BCUT2D eigenvalue weighted by Gasteiger charge is -2.20. The van der Waals surface area contributed by atoms with Crippen molar-refractivity contribution in [2.24, 2.45) is 0 Å². The van der Waals surface area contributed by atoms with Gasteiger partial charge in [0.15, 0.2) is 5.16 Å². The van der Waals surface area contributed by atoms with Gasteiger partial charge in [-0.05, 0) is 56.0 Å². The molecule has 8 nitrogen and oxygen atoms in total. The molecule has 0 spiro atoms. The number of nitrogens with zero attached hydrogens (tertiary/aromatic N) is 3. The summed E-state index contributed by atoms with van der Waals surface area (Å²) in [7, 11) is -3.61. The summed E-state index contributed by atoms with van der Waals surface area (Å²) >= 11 is 1.24. The van der Waals surface area contributed by atoms with Crippen LogP contribution in [0.3, 0.4) is 0 Å². The van der Waals surface area contributed by atoms with Gasteiger partial charge in [-0.3, -0.25) is 14.2 Å². The van der Waals surface area contributed by atoms with Gasteiger partial charge in [-0.2, -0.15) is 4.31 Å². The molecule has 5 rings (SSSR count). The van der Waals surface area contributed by atoms with E-state index in [1.54, 1.807) is 33.1 Å². The van der Waals surface area contributed by atoms with E-state index < -0.39 is 10.0 Å². The zero-order valence-corrected chi connectivity index (χ0v) is 22.4. The Hall–Kier alpha value is -2.69. The number of hydrogen-bond donors (Lipinski definition) is 1. The van der Waals surface area contributed by atoms with Crippen molar-refractivity contribution in [3.05, 3.63) is 58.9 Å². The van der Waals surface area contributed by atoms with Crippen molar-refractivity contribution in [2.75, 3.05) is 24.2 Å². The second kappa shape index (κ2) is 11.4. The van der Waals surface area contributed by atoms with E-state index in [1.165, 1.54) is 17.8 Å². The highest BCUT2D eigenvalue weighted by molar-refractivity contribution is 7.99. The lowest BCUT2D eigenvalue weighted by atomic mass is 10.2. The van der Waals surface area contributed by atoms with Crippen LogP contribution in [-0.4, -0.2) is 47.0 Å². The summed E-state index contributed by atoms with van der Waals surface area (Å²) in [6.45, 7) is 1.05. The average Bonchev–Trinajstić information content (AvgIpc) is 3.28. The monoisotopic (exact) mass is 540 g/mol. The van der Waals surface area contributed by atoms with Crippen LogP contribution in [0.25, 0.3) is 10.9 Å². The summed E-state index contributed by atoms with van der Waals surface area (Å²) in [5.74, 6) is -0.227. The van der Waals surface area contributed by atoms with Gasteiger partial charge in [-0.1, -0.05) is 55.6 Å². The molecule has 1 saturated heterocycles. The molecule has 2 aromatic carbocycles. The van der Waals surface area contributed by atoms with Crippen LogP contribution in [0.5, 0.6) is 0 Å². The Morgan fingerprint density at radius 3 is 2.46 bits per heavy atom. The molecular weight excluding hydrogens is 508 g/mol. The Labute approximate surface area is 221 Å². The van der Waals surface area contributed by atoms with Crippen LogP contribution >= 0.6 is 11.8 Å². The van der Waals surface area contributed by atoms with Crippen LogP contribution in [0.15, 0.2) is 63.4 Å². The van der Waals surface area contributed by atoms with E-state index in [9.17, 15) is 18.0 Å². The van der Waals surface area contributed by atoms with Crippen molar-refractivity contribution in [3.63, 3.8) is 0 Å². The number of amides is 1. The fourth-order valence-electron chi connectivity index (χ4n) is 5.20. The number of anilines is 1. The fraction of sp³-hybridized carbons (Fsp3) is 0.444. The number of carbonyl (C=O) groups excluding carboxylic acids is 1. The summed E-state index contributed by atoms with van der Waals surface area (Å²) < 4.78 is 29.6. The van der Waals surface area contributed by atoms with Crippen LogP contribution in [0.2, 0.25) is 0 Å². The molecule has 37 heavy (non-hydrogen) atoms. The van der Waals surface area contributed by atoms with Crippen LogP contribution in [-0.2, 0) is 14.8 Å². The zero-order chi connectivity index (χ0) is 25.8. The first-order valence-electron chi connectivity index (χ1n) is 13.0. The largest absolute Gasteiger partial charge is 0.325 e. The van der Waals surface area contributed by atoms with Gasteiger partial charge in [-0.15, -0.1) is 0 Å². The number of fused-ring (bicyclic) bond motifs is 1. The fourth-order valence-corrected chi connectivity index (χ4v) is 7.63. The van der Waals surface area contributed by atoms with Gasteiger partial charge in [0.05, 0.1) is 21.6 Å². The van der Waals surface area contributed by atoms with Crippen LogP contribution in [0, 0.1) is 0 Å². The SMILES string of the molecule is O=C(CSc1nc2ccccc2c(=O)n1C1CCCC1)Nc1cccc(S(=O)(=O)N2CCCCCC2)c1. The molecule has 196 valence electrons. The highest BCUT2D eigenvalue weighted by atomic mass is 32.2. The Morgan fingerprint density at radius 2 is 1.70 bits per heavy atom. The molecule has 1 aliphatic carbocycles. The third-order valence-corrected chi connectivity index (χ3v) is 9.97. The molecule has 0 unspecified atom stereocenters. The molecule has 2 heterocycles. The van der Waals surface area contributed by atoms with Gasteiger partial charge >= 0.3 is 0 Å². The van der Waals surface area contributed by atoms with E-state index >= 15 is 0 Å². The van der Waals surface area contributed by atoms with E-state index in [2.05, 4.69) is 5.32 Å². The molecular formula is C27H32N4O4S2. The molecule has 3 aromatic rings. The summed E-state index contributed by atoms with van der Waals surface area (Å²) in [4.78, 5) is 31.1. The van der Waals surface area contributed by atoms with Crippen molar-refractivity contribution in [1.29, 1.82) is 0 Å². The number of nitrogens with one attached hydrogen (secondary N) is 1. The van der Waals surface area contributed by atoms with Crippen molar-refractivity contribution < 1.29 is 13.2 Å². The number of para-hydroxylation sites is 1. The highest BCUT2D eigenvalue weighted by Crippen LogP contribution is 2.32. The van der Waals surface area contributed by atoms with Gasteiger partial charge in [0.25, 0.3) is 5.56 Å². The molecule has 1 amide bonds. The minimum Gasteiger partial charge on any atom is -0.325 e. The van der Waals surface area contributed by atoms with Gasteiger partial charge < -0.3 is 5.32 Å². The lowest BCUT2D eigenvalue weighted by molar-refractivity contribution is -0.113. The molecule has 1 N–H and O–H groups in total. The minimum atomic E-state index is -3.61. The summed E-state index contributed by atoms with van der Waals surface area (Å²) in [6, 6.07) is 13.8. The molecule has 1 aromatic heterocycles. The van der Waals surface area contributed by atoms with Gasteiger partial charge in [0, 0.05) is 24.8 Å². The zero-order valence-electron chi connectivity index (χ0n) is 20.8. The molecule has 0 atom stereocenters. The normalized spacial score (nSPS) is 17.6. The molecule has 1 saturated carbocycles. The van der Waals surface area contributed by atoms with Crippen LogP contribution in [0.1, 0.15) is 57.4 Å². The van der Waals surface area contributed by atoms with Gasteiger partial charge in [0.2, 0.25) is 15.9 Å². The summed E-state index contributed by atoms with van der Waals surface area (Å²) in [6.07, 6.45) is 7.82. The summed E-state index contributed by atoms with van der Waals surface area (Å²) in [5, 5.41) is 3.96. The predicted molar refractivity (Wildman–Crippen MR) is 147 cm³/mol. The third-order valence-electron chi connectivity index (χ3n) is 7.12. The number of aromatic nitrogens is 2. The van der Waals surface area contributed by atoms with Crippen molar-refractivity contribution in [3.8, 4) is 0 Å². The molecule has 1 aliphatic heterocycles. The number of thioether (sulfide) groups is 1. The van der Waals surface area contributed by atoms with Crippen LogP contribution in [0.4, 0.5) is 5.69 Å². The van der Waals surface area contributed by atoms with E-state index in [-0.39, 0.29) is 28.2 Å². The number of hydrogen-bond acceptors (Lipinski definition) is 6. The van der Waals surface area contributed by atoms with Crippen molar-refractivity contribution in [2.45, 2.75) is 67.5 Å². The summed E-state index contributed by atoms with van der Waals surface area (Å²) in [5.41, 5.74) is 0.990. The standard InChI is InChI=1S/C27H32N4O4S2/c32-25(28-20-10-9-13-22(18-20)37(34,35)30-16-7-1-2-8-17-30)19-36-27-29-24-15-6-5-14-23(24)26(33)31(27)21-11-3-4-12-21/h5-6,9-10,13-15,18,21H,1-4,7-8,11-12,16-17,19H2,(H,28,32). The van der Waals surface area contributed by atoms with Gasteiger partial charge in [-0.25, -0.2) is 13.4 Å². The van der Waals surface area contributed by atoms with Gasteiger partial charge in [0.1, 0.15) is 0 Å². The Balaban J connectivity index is 1.32. The molecule has 0 radical (unpaired) electrons. The first-order valence-corrected chi connectivity index (χ1v) is 15.4. The lowest BCUT2D eigenvalue weighted by Crippen LogP contribution is -2.32. The first kappa shape index (κ1) is 25.9. The molecule has 2 aliphatic rings. The number of sulfonamides is 1. The smallest absolute Gasteiger partial charge is 0.262 e. The quantitative estimate of drug-likeness (QED) is 0.341. The topological polar surface area (TPSA) is 101 Å². The van der Waals surface area contributed by atoms with Crippen LogP contribution < -0.4 is 10.9 Å².